The largest absolute Gasteiger partial charge is 0.481 e. The van der Waals surface area contributed by atoms with Crippen molar-refractivity contribution in [3.8, 4) is 0 Å². The summed E-state index contributed by atoms with van der Waals surface area (Å²) in [4.78, 5) is 38.1. The van der Waals surface area contributed by atoms with Crippen molar-refractivity contribution >= 4 is 17.8 Å². The van der Waals surface area contributed by atoms with E-state index >= 15 is 0 Å². The molecule has 0 bridgehead atoms. The van der Waals surface area contributed by atoms with Gasteiger partial charge in [-0.2, -0.15) is 0 Å². The van der Waals surface area contributed by atoms with Crippen molar-refractivity contribution in [1.29, 1.82) is 0 Å². The molecule has 6 heteroatoms. The van der Waals surface area contributed by atoms with Gasteiger partial charge in [-0.1, -0.05) is 118 Å². The fourth-order valence-electron chi connectivity index (χ4n) is 13.4. The summed E-state index contributed by atoms with van der Waals surface area (Å²) in [5.41, 5.74) is 2.00. The smallest absolute Gasteiger partial charge is 0.306 e. The number of ether oxygens (including phenoxy) is 1. The fourth-order valence-corrected chi connectivity index (χ4v) is 13.4. The average Bonchev–Trinajstić information content (AvgIpc) is 3.08. The number of hydrogen-bond donors (Lipinski definition) is 2. The third kappa shape index (κ3) is 8.33. The Bertz CT molecular complexity index is 1330. The molecule has 0 saturated heterocycles. The van der Waals surface area contributed by atoms with E-state index in [1.165, 1.54) is 32.1 Å². The molecular formula is C47H79NO5. The Labute approximate surface area is 324 Å². The number of fused-ring (bicyclic) bond motifs is 7. The van der Waals surface area contributed by atoms with Crippen LogP contribution in [0.25, 0.3) is 0 Å². The zero-order chi connectivity index (χ0) is 38.7. The van der Waals surface area contributed by atoms with Crippen molar-refractivity contribution in [2.24, 2.45) is 50.2 Å². The number of carboxylic acids is 1. The topological polar surface area (TPSA) is 92.7 Å². The van der Waals surface area contributed by atoms with Gasteiger partial charge >= 0.3 is 11.9 Å². The Morgan fingerprint density at radius 2 is 1.40 bits per heavy atom. The summed E-state index contributed by atoms with van der Waals surface area (Å²) >= 11 is 0. The summed E-state index contributed by atoms with van der Waals surface area (Å²) in [7, 11) is 0. The van der Waals surface area contributed by atoms with Crippen molar-refractivity contribution in [2.75, 3.05) is 6.54 Å². The maximum Gasteiger partial charge on any atom is 0.306 e. The molecule has 1 amide bonds. The molecule has 0 spiro atoms. The summed E-state index contributed by atoms with van der Waals surface area (Å²) in [5.74, 6) is 1.07. The number of nitrogens with one attached hydrogen (secondary N) is 1. The fraction of sp³-hybridized carbons (Fsp3) is 0.894. The molecule has 0 aromatic carbocycles. The van der Waals surface area contributed by atoms with Gasteiger partial charge in [0, 0.05) is 24.8 Å². The number of carboxylic acid groups (broad SMARTS) is 1. The molecule has 0 aliphatic heterocycles. The first-order chi connectivity index (χ1) is 25.0. The predicted molar refractivity (Wildman–Crippen MR) is 215 cm³/mol. The zero-order valence-corrected chi connectivity index (χ0v) is 35.4. The van der Waals surface area contributed by atoms with Crippen molar-refractivity contribution in [2.45, 2.75) is 209 Å². The lowest BCUT2D eigenvalue weighted by Gasteiger charge is -2.71. The van der Waals surface area contributed by atoms with Gasteiger partial charge < -0.3 is 15.2 Å². The van der Waals surface area contributed by atoms with Crippen LogP contribution in [0.4, 0.5) is 0 Å². The minimum Gasteiger partial charge on any atom is -0.481 e. The molecule has 5 aliphatic carbocycles. The summed E-state index contributed by atoms with van der Waals surface area (Å²) in [6, 6.07) is 0. The Kier molecular flexibility index (Phi) is 13.3. The van der Waals surface area contributed by atoms with Crippen molar-refractivity contribution in [1.82, 2.24) is 5.32 Å². The van der Waals surface area contributed by atoms with Crippen molar-refractivity contribution in [3.05, 3.63) is 11.6 Å². The first-order valence-corrected chi connectivity index (χ1v) is 22.4. The third-order valence-corrected chi connectivity index (χ3v) is 16.9. The molecule has 4 fully saturated rings. The highest BCUT2D eigenvalue weighted by molar-refractivity contribution is 5.84. The Morgan fingerprint density at radius 1 is 0.755 bits per heavy atom. The molecule has 5 rings (SSSR count). The van der Waals surface area contributed by atoms with E-state index in [2.05, 4.69) is 66.8 Å². The van der Waals surface area contributed by atoms with Crippen LogP contribution in [0.3, 0.4) is 0 Å². The molecule has 0 radical (unpaired) electrons. The first-order valence-electron chi connectivity index (χ1n) is 22.4. The quantitative estimate of drug-likeness (QED) is 0.0881. The molecule has 302 valence electrons. The average molecular weight is 738 g/mol. The maximum absolute atomic E-state index is 14.5. The summed E-state index contributed by atoms with van der Waals surface area (Å²) < 4.78 is 6.30. The molecule has 3 unspecified atom stereocenters. The van der Waals surface area contributed by atoms with Gasteiger partial charge in [0.2, 0.25) is 5.91 Å². The van der Waals surface area contributed by atoms with Crippen molar-refractivity contribution in [3.63, 3.8) is 0 Å². The highest BCUT2D eigenvalue weighted by Crippen LogP contribution is 2.76. The molecule has 6 nitrogen and oxygen atoms in total. The van der Waals surface area contributed by atoms with E-state index in [1.807, 2.05) is 0 Å². The number of aliphatic carboxylic acids is 1. The number of rotatable bonds is 17. The number of hydrogen-bond acceptors (Lipinski definition) is 4. The molecule has 0 heterocycles. The number of allylic oxidation sites excluding steroid dienone is 2. The highest BCUT2D eigenvalue weighted by Gasteiger charge is 2.69. The second kappa shape index (κ2) is 16.7. The summed E-state index contributed by atoms with van der Waals surface area (Å²) in [6.07, 6.45) is 26.2. The monoisotopic (exact) mass is 738 g/mol. The number of carbonyl (C=O) groups is 3. The zero-order valence-electron chi connectivity index (χ0n) is 35.4. The maximum atomic E-state index is 14.5. The number of esters is 1. The lowest BCUT2D eigenvalue weighted by atomic mass is 9.33. The van der Waals surface area contributed by atoms with Crippen LogP contribution in [0.2, 0.25) is 0 Å². The van der Waals surface area contributed by atoms with E-state index in [1.54, 1.807) is 5.57 Å². The van der Waals surface area contributed by atoms with E-state index in [0.717, 1.165) is 109 Å². The van der Waals surface area contributed by atoms with Crippen LogP contribution in [-0.2, 0) is 19.1 Å². The van der Waals surface area contributed by atoms with Crippen LogP contribution in [0.1, 0.15) is 203 Å². The number of carbonyl (C=O) groups excluding carboxylic acids is 2. The molecule has 0 aromatic rings. The molecule has 5 aliphatic rings. The molecule has 4 saturated carbocycles. The first kappa shape index (κ1) is 42.3. The Balaban J connectivity index is 1.26. The third-order valence-electron chi connectivity index (χ3n) is 16.9. The molecule has 0 aromatic heterocycles. The van der Waals surface area contributed by atoms with Gasteiger partial charge in [-0.15, -0.1) is 0 Å². The molecular weight excluding hydrogens is 659 g/mol. The van der Waals surface area contributed by atoms with Gasteiger partial charge in [-0.3, -0.25) is 14.4 Å². The van der Waals surface area contributed by atoms with Crippen LogP contribution < -0.4 is 5.32 Å². The van der Waals surface area contributed by atoms with E-state index in [-0.39, 0.29) is 51.0 Å². The van der Waals surface area contributed by atoms with Crippen molar-refractivity contribution < 1.29 is 24.2 Å². The molecule has 2 N–H and O–H groups in total. The van der Waals surface area contributed by atoms with Gasteiger partial charge in [0.15, 0.2) is 0 Å². The second-order valence-electron chi connectivity index (χ2n) is 20.9. The van der Waals surface area contributed by atoms with Crippen LogP contribution in [0.15, 0.2) is 11.6 Å². The summed E-state index contributed by atoms with van der Waals surface area (Å²) in [6.45, 7) is 20.5. The minimum absolute atomic E-state index is 0.00181. The summed E-state index contributed by atoms with van der Waals surface area (Å²) in [5, 5.41) is 12.3. The number of unbranched alkanes of at least 4 members (excludes halogenated alkanes) is 9. The van der Waals surface area contributed by atoms with Gasteiger partial charge in [0.05, 0.1) is 5.41 Å². The van der Waals surface area contributed by atoms with Gasteiger partial charge in [-0.25, -0.2) is 0 Å². The van der Waals surface area contributed by atoms with E-state index < -0.39 is 5.97 Å². The second-order valence-corrected chi connectivity index (χ2v) is 20.9. The lowest BCUT2D eigenvalue weighted by Crippen LogP contribution is -2.65. The van der Waals surface area contributed by atoms with Gasteiger partial charge in [-0.05, 0) is 123 Å². The predicted octanol–water partition coefficient (Wildman–Crippen LogP) is 12.0. The SMILES string of the molecule is CCCCCC(=O)O[C@H]1CC[C@@]2(C)C(CC[C@]3(C)C2CC=C2C4CC(C)(C)CC[C@]4(C(=O)NCCCCCCCCCCC(=O)O)CC[C@]23C)C1(C)C. The minimum atomic E-state index is -0.690. The van der Waals surface area contributed by atoms with Crippen LogP contribution in [0.5, 0.6) is 0 Å². The van der Waals surface area contributed by atoms with Crippen LogP contribution >= 0.6 is 0 Å². The Hall–Kier alpha value is -1.85. The molecule has 8 atom stereocenters. The highest BCUT2D eigenvalue weighted by atomic mass is 16.5. The van der Waals surface area contributed by atoms with E-state index in [0.29, 0.717) is 30.1 Å². The lowest BCUT2D eigenvalue weighted by molar-refractivity contribution is -0.213. The van der Waals surface area contributed by atoms with E-state index in [4.69, 9.17) is 9.84 Å². The van der Waals surface area contributed by atoms with Gasteiger partial charge in [0.1, 0.15) is 6.10 Å². The normalized spacial score (nSPS) is 36.9. The van der Waals surface area contributed by atoms with Crippen LogP contribution in [0, 0.1) is 50.2 Å². The van der Waals surface area contributed by atoms with Crippen LogP contribution in [-0.4, -0.2) is 35.6 Å². The molecule has 53 heavy (non-hydrogen) atoms. The standard InChI is InChI=1S/C47H79NO5/c1-9-10-17-21-40(51)53-38-25-26-44(6)36(43(38,4)5)24-27-46(8)37(44)23-22-34-35-33-42(2,3)28-30-47(35,31-29-45(34,46)7)41(52)48-32-19-16-14-12-11-13-15-18-20-39(49)50/h22,35-38H,9-21,23-33H2,1-8H3,(H,48,52)(H,49,50)/t35?,36?,37?,38-,44-,45+,46+,47-/m0/s1. The van der Waals surface area contributed by atoms with Gasteiger partial charge in [0.25, 0.3) is 0 Å². The number of amides is 1. The van der Waals surface area contributed by atoms with E-state index in [9.17, 15) is 14.4 Å². The Morgan fingerprint density at radius 3 is 2.08 bits per heavy atom.